The Morgan fingerprint density at radius 1 is 1.27 bits per heavy atom. The normalized spacial score (nSPS) is 16.7. The topological polar surface area (TPSA) is 78.3 Å². The summed E-state index contributed by atoms with van der Waals surface area (Å²) >= 11 is 1.68. The van der Waals surface area contributed by atoms with Gasteiger partial charge in [-0.15, -0.1) is 11.3 Å². The molecule has 3 rings (SSSR count). The van der Waals surface area contributed by atoms with Gasteiger partial charge < -0.3 is 24.6 Å². The Balaban J connectivity index is 1.49. The van der Waals surface area contributed by atoms with Crippen LogP contribution < -0.4 is 9.47 Å². The molecule has 1 aromatic carbocycles. The first kappa shape index (κ1) is 23.0. The summed E-state index contributed by atoms with van der Waals surface area (Å²) in [5, 5.41) is 23.1. The molecule has 2 aromatic rings. The van der Waals surface area contributed by atoms with E-state index in [1.165, 1.54) is 0 Å². The predicted molar refractivity (Wildman–Crippen MR) is 118 cm³/mol. The lowest BCUT2D eigenvalue weighted by atomic mass is 10.1. The number of rotatable bonds is 10. The molecule has 8 heteroatoms. The molecule has 0 unspecified atom stereocenters. The lowest BCUT2D eigenvalue weighted by Gasteiger charge is -2.30. The Kier molecular flexibility index (Phi) is 8.47. The third-order valence-corrected chi connectivity index (χ3v) is 6.16. The molecular formula is C22H33N3O4S. The molecule has 1 aliphatic rings. The van der Waals surface area contributed by atoms with E-state index in [1.807, 2.05) is 25.1 Å². The van der Waals surface area contributed by atoms with Crippen LogP contribution in [0.15, 0.2) is 23.6 Å². The lowest BCUT2D eigenvalue weighted by Crippen LogP contribution is -2.41. The molecule has 0 saturated carbocycles. The minimum absolute atomic E-state index is 0.206. The fourth-order valence-corrected chi connectivity index (χ4v) is 4.49. The van der Waals surface area contributed by atoms with E-state index >= 15 is 0 Å². The number of nitrogens with zero attached hydrogens (tertiary/aromatic N) is 3. The van der Waals surface area contributed by atoms with Gasteiger partial charge >= 0.3 is 0 Å². The number of methoxy groups -OCH3 is 1. The molecule has 1 saturated heterocycles. The summed E-state index contributed by atoms with van der Waals surface area (Å²) in [4.78, 5) is 8.90. The number of aromatic nitrogens is 1. The van der Waals surface area contributed by atoms with Crippen molar-refractivity contribution >= 4 is 11.3 Å². The van der Waals surface area contributed by atoms with Crippen LogP contribution in [-0.2, 0) is 13.1 Å². The van der Waals surface area contributed by atoms with E-state index in [0.29, 0.717) is 18.0 Å². The van der Waals surface area contributed by atoms with Crippen LogP contribution in [0.4, 0.5) is 0 Å². The summed E-state index contributed by atoms with van der Waals surface area (Å²) in [5.74, 6) is 1.30. The van der Waals surface area contributed by atoms with Crippen molar-refractivity contribution in [1.82, 2.24) is 14.8 Å². The summed E-state index contributed by atoms with van der Waals surface area (Å²) in [6.45, 7) is 5.97. The zero-order valence-corrected chi connectivity index (χ0v) is 18.9. The quantitative estimate of drug-likeness (QED) is 0.593. The SMILES string of the molecule is COc1cc(CN(C)Cc2nc(C)cs2)ccc1OC[C@H](O)CN1CCC(O)CC1. The van der Waals surface area contributed by atoms with Gasteiger partial charge in [-0.1, -0.05) is 6.07 Å². The van der Waals surface area contributed by atoms with Gasteiger partial charge in [0.2, 0.25) is 0 Å². The molecule has 1 atom stereocenters. The number of piperidine rings is 1. The van der Waals surface area contributed by atoms with Gasteiger partial charge in [-0.3, -0.25) is 4.90 Å². The van der Waals surface area contributed by atoms with Gasteiger partial charge in [-0.25, -0.2) is 4.98 Å². The van der Waals surface area contributed by atoms with Crippen molar-refractivity contribution in [3.8, 4) is 11.5 Å². The van der Waals surface area contributed by atoms with E-state index in [4.69, 9.17) is 9.47 Å². The summed E-state index contributed by atoms with van der Waals surface area (Å²) < 4.78 is 11.3. The average molecular weight is 436 g/mol. The fourth-order valence-electron chi connectivity index (χ4n) is 3.64. The van der Waals surface area contributed by atoms with Gasteiger partial charge in [0, 0.05) is 37.3 Å². The number of aliphatic hydroxyl groups is 2. The van der Waals surface area contributed by atoms with E-state index in [0.717, 1.165) is 55.3 Å². The maximum Gasteiger partial charge on any atom is 0.161 e. The zero-order chi connectivity index (χ0) is 21.5. The van der Waals surface area contributed by atoms with Crippen LogP contribution in [0.2, 0.25) is 0 Å². The van der Waals surface area contributed by atoms with Gasteiger partial charge in [-0.2, -0.15) is 0 Å². The maximum atomic E-state index is 10.3. The number of β-amino-alcohol motifs (C(OH)–C–C–N with tert-alkyl or cyclic N) is 1. The van der Waals surface area contributed by atoms with E-state index in [2.05, 4.69) is 27.2 Å². The minimum Gasteiger partial charge on any atom is -0.493 e. The van der Waals surface area contributed by atoms with Crippen molar-refractivity contribution in [1.29, 1.82) is 0 Å². The zero-order valence-electron chi connectivity index (χ0n) is 18.1. The van der Waals surface area contributed by atoms with Crippen molar-refractivity contribution in [3.05, 3.63) is 39.8 Å². The van der Waals surface area contributed by atoms with Gasteiger partial charge in [0.15, 0.2) is 11.5 Å². The highest BCUT2D eigenvalue weighted by Crippen LogP contribution is 2.29. The first-order valence-corrected chi connectivity index (χ1v) is 11.3. The number of hydrogen-bond donors (Lipinski definition) is 2. The monoisotopic (exact) mass is 435 g/mol. The molecule has 0 spiro atoms. The van der Waals surface area contributed by atoms with Crippen LogP contribution in [0, 0.1) is 6.92 Å². The van der Waals surface area contributed by atoms with Crippen molar-refractivity contribution in [2.24, 2.45) is 0 Å². The second-order valence-electron chi connectivity index (χ2n) is 8.04. The van der Waals surface area contributed by atoms with Crippen LogP contribution in [0.25, 0.3) is 0 Å². The van der Waals surface area contributed by atoms with Crippen molar-refractivity contribution in [2.45, 2.75) is 45.1 Å². The molecule has 7 nitrogen and oxygen atoms in total. The first-order chi connectivity index (χ1) is 14.4. The minimum atomic E-state index is -0.586. The first-order valence-electron chi connectivity index (χ1n) is 10.4. The molecule has 2 heterocycles. The largest absolute Gasteiger partial charge is 0.493 e. The second kappa shape index (κ2) is 11.1. The van der Waals surface area contributed by atoms with E-state index < -0.39 is 6.10 Å². The number of ether oxygens (including phenoxy) is 2. The summed E-state index contributed by atoms with van der Waals surface area (Å²) in [7, 11) is 3.70. The van der Waals surface area contributed by atoms with Crippen LogP contribution in [0.1, 0.15) is 29.1 Å². The molecule has 1 aromatic heterocycles. The highest BCUT2D eigenvalue weighted by molar-refractivity contribution is 7.09. The number of hydrogen-bond acceptors (Lipinski definition) is 8. The Bertz CT molecular complexity index is 792. The van der Waals surface area contributed by atoms with Crippen LogP contribution >= 0.6 is 11.3 Å². The number of thiazole rings is 1. The molecule has 0 radical (unpaired) electrons. The summed E-state index contributed by atoms with van der Waals surface area (Å²) in [6.07, 6.45) is 0.735. The molecule has 1 aliphatic heterocycles. The third-order valence-electron chi connectivity index (χ3n) is 5.21. The number of aryl methyl sites for hydroxylation is 1. The third kappa shape index (κ3) is 6.92. The maximum absolute atomic E-state index is 10.3. The smallest absolute Gasteiger partial charge is 0.161 e. The van der Waals surface area contributed by atoms with Gasteiger partial charge in [-0.05, 0) is 44.5 Å². The molecular weight excluding hydrogens is 402 g/mol. The van der Waals surface area contributed by atoms with Crippen LogP contribution in [0.5, 0.6) is 11.5 Å². The Hall–Kier alpha value is -1.71. The average Bonchev–Trinajstić information content (AvgIpc) is 3.13. The molecule has 1 fully saturated rings. The highest BCUT2D eigenvalue weighted by atomic mass is 32.1. The number of likely N-dealkylation sites (tertiary alicyclic amines) is 1. The molecule has 30 heavy (non-hydrogen) atoms. The van der Waals surface area contributed by atoms with Crippen LogP contribution in [0.3, 0.4) is 0 Å². The van der Waals surface area contributed by atoms with Crippen molar-refractivity contribution < 1.29 is 19.7 Å². The van der Waals surface area contributed by atoms with Crippen molar-refractivity contribution in [3.63, 3.8) is 0 Å². The number of aliphatic hydroxyl groups excluding tert-OH is 2. The van der Waals surface area contributed by atoms with Gasteiger partial charge in [0.25, 0.3) is 0 Å². The number of benzene rings is 1. The van der Waals surface area contributed by atoms with Gasteiger partial charge in [0.05, 0.1) is 19.8 Å². The molecule has 0 bridgehead atoms. The highest BCUT2D eigenvalue weighted by Gasteiger charge is 2.20. The van der Waals surface area contributed by atoms with Crippen LogP contribution in [-0.4, -0.2) is 77.6 Å². The Morgan fingerprint density at radius 3 is 2.70 bits per heavy atom. The summed E-state index contributed by atoms with van der Waals surface area (Å²) in [5.41, 5.74) is 2.19. The molecule has 166 valence electrons. The van der Waals surface area contributed by atoms with Gasteiger partial charge in [0.1, 0.15) is 17.7 Å². The molecule has 0 amide bonds. The predicted octanol–water partition coefficient (Wildman–Crippen LogP) is 2.29. The molecule has 0 aliphatic carbocycles. The van der Waals surface area contributed by atoms with E-state index in [9.17, 15) is 10.2 Å². The van der Waals surface area contributed by atoms with E-state index in [-0.39, 0.29) is 12.7 Å². The Labute approximate surface area is 182 Å². The molecule has 2 N–H and O–H groups in total. The summed E-state index contributed by atoms with van der Waals surface area (Å²) in [6, 6.07) is 5.91. The van der Waals surface area contributed by atoms with Crippen molar-refractivity contribution in [2.75, 3.05) is 40.4 Å². The standard InChI is InChI=1S/C22H33N3O4S/c1-16-15-30-22(23-16)13-24(2)11-17-4-5-20(21(10-17)28-3)29-14-19(27)12-25-8-6-18(26)7-9-25/h4-5,10,15,18-19,26-27H,6-9,11-14H2,1-3H3/t19-/m1/s1. The fraction of sp³-hybridized carbons (Fsp3) is 0.591. The lowest BCUT2D eigenvalue weighted by molar-refractivity contribution is 0.0333. The Morgan fingerprint density at radius 2 is 2.03 bits per heavy atom. The second-order valence-corrected chi connectivity index (χ2v) is 8.98. The van der Waals surface area contributed by atoms with E-state index in [1.54, 1.807) is 18.4 Å².